The summed E-state index contributed by atoms with van der Waals surface area (Å²) < 4.78 is 23.0. The maximum atomic E-state index is 11.5. The Morgan fingerprint density at radius 1 is 1.30 bits per heavy atom. The number of halogens is 1. The normalized spacial score (nSPS) is 11.3. The van der Waals surface area contributed by atoms with Gasteiger partial charge in [-0.15, -0.1) is 0 Å². The predicted octanol–water partition coefficient (Wildman–Crippen LogP) is 2.46. The number of hydrogen-bond acceptors (Lipinski definition) is 5. The molecule has 0 unspecified atom stereocenters. The average Bonchev–Trinajstić information content (AvgIpc) is 2.38. The fraction of sp³-hybridized carbons (Fsp3) is 0.154. The first-order valence-electron chi connectivity index (χ1n) is 5.73. The van der Waals surface area contributed by atoms with Crippen LogP contribution in [-0.4, -0.2) is 24.8 Å². The largest absolute Gasteiger partial charge is 0.506 e. The minimum Gasteiger partial charge on any atom is -0.506 e. The lowest BCUT2D eigenvalue weighted by molar-refractivity contribution is 0.472. The Bertz CT molecular complexity index is 715. The highest BCUT2D eigenvalue weighted by Gasteiger charge is 2.10. The van der Waals surface area contributed by atoms with Crippen molar-refractivity contribution < 1.29 is 13.5 Å². The zero-order chi connectivity index (χ0) is 14.8. The third-order valence-corrected chi connectivity index (χ3v) is 4.07. The Morgan fingerprint density at radius 2 is 2.05 bits per heavy atom. The lowest BCUT2D eigenvalue weighted by Gasteiger charge is -2.09. The third kappa shape index (κ3) is 3.61. The van der Waals surface area contributed by atoms with Gasteiger partial charge in [-0.1, -0.05) is 11.6 Å². The van der Waals surface area contributed by atoms with Crippen molar-refractivity contribution in [2.75, 3.05) is 11.6 Å². The van der Waals surface area contributed by atoms with Crippen LogP contribution in [0.25, 0.3) is 0 Å². The Morgan fingerprint density at radius 3 is 2.65 bits per heavy atom. The first-order valence-corrected chi connectivity index (χ1v) is 8.00. The van der Waals surface area contributed by atoms with E-state index in [4.69, 9.17) is 16.7 Å². The van der Waals surface area contributed by atoms with Crippen molar-refractivity contribution >= 4 is 27.1 Å². The second kappa shape index (κ2) is 5.68. The summed E-state index contributed by atoms with van der Waals surface area (Å²) in [4.78, 5) is 4.22. The van der Waals surface area contributed by atoms with E-state index < -0.39 is 9.84 Å². The molecule has 5 nitrogen and oxygen atoms in total. The van der Waals surface area contributed by atoms with E-state index in [2.05, 4.69) is 10.3 Å². The number of nitrogens with zero attached hydrogens (tertiary/aromatic N) is 1. The Kier molecular flexibility index (Phi) is 4.15. The maximum absolute atomic E-state index is 11.5. The van der Waals surface area contributed by atoms with Crippen molar-refractivity contribution in [2.45, 2.75) is 11.4 Å². The second-order valence-corrected chi connectivity index (χ2v) is 6.70. The summed E-state index contributed by atoms with van der Waals surface area (Å²) >= 11 is 6.02. The van der Waals surface area contributed by atoms with Crippen molar-refractivity contribution in [2.24, 2.45) is 0 Å². The van der Waals surface area contributed by atoms with E-state index in [9.17, 15) is 8.42 Å². The molecule has 0 spiro atoms. The van der Waals surface area contributed by atoms with Crippen LogP contribution in [0.2, 0.25) is 5.02 Å². The third-order valence-electron chi connectivity index (χ3n) is 2.64. The van der Waals surface area contributed by atoms with E-state index in [0.29, 0.717) is 22.9 Å². The summed E-state index contributed by atoms with van der Waals surface area (Å²) in [5, 5.41) is 12.6. The van der Waals surface area contributed by atoms with Crippen LogP contribution in [-0.2, 0) is 16.4 Å². The van der Waals surface area contributed by atoms with Crippen LogP contribution in [0.4, 0.5) is 5.69 Å². The Hall–Kier alpha value is -1.79. The van der Waals surface area contributed by atoms with Gasteiger partial charge in [-0.05, 0) is 30.3 Å². The summed E-state index contributed by atoms with van der Waals surface area (Å²) in [5.41, 5.74) is 1.22. The highest BCUT2D eigenvalue weighted by molar-refractivity contribution is 7.90. The molecule has 0 radical (unpaired) electrons. The fourth-order valence-electron chi connectivity index (χ4n) is 1.58. The van der Waals surface area contributed by atoms with Crippen LogP contribution in [0.3, 0.4) is 0 Å². The molecule has 0 atom stereocenters. The molecule has 2 aromatic rings. The highest BCUT2D eigenvalue weighted by Crippen LogP contribution is 2.25. The highest BCUT2D eigenvalue weighted by atomic mass is 35.5. The van der Waals surface area contributed by atoms with E-state index in [1.54, 1.807) is 6.07 Å². The fourth-order valence-corrected chi connectivity index (χ4v) is 2.41. The molecule has 1 aromatic carbocycles. The van der Waals surface area contributed by atoms with E-state index in [-0.39, 0.29) is 10.6 Å². The minimum absolute atomic E-state index is 0.0888. The summed E-state index contributed by atoms with van der Waals surface area (Å²) in [6, 6.07) is 7.67. The van der Waals surface area contributed by atoms with Crippen LogP contribution in [0, 0.1) is 0 Å². The number of sulfone groups is 1. The molecular weight excluding hydrogens is 300 g/mol. The van der Waals surface area contributed by atoms with Crippen LogP contribution >= 0.6 is 11.6 Å². The van der Waals surface area contributed by atoms with Gasteiger partial charge in [-0.25, -0.2) is 8.42 Å². The SMILES string of the molecule is CS(=O)(=O)c1ccc(Cl)c(NCc2ccc(O)cn2)c1. The molecule has 0 aliphatic heterocycles. The van der Waals surface area contributed by atoms with Gasteiger partial charge in [-0.2, -0.15) is 0 Å². The molecule has 0 saturated heterocycles. The van der Waals surface area contributed by atoms with Crippen molar-refractivity contribution in [3.63, 3.8) is 0 Å². The molecule has 2 rings (SSSR count). The van der Waals surface area contributed by atoms with Gasteiger partial charge in [0, 0.05) is 6.26 Å². The molecule has 1 aromatic heterocycles. The molecule has 0 bridgehead atoms. The van der Waals surface area contributed by atoms with Crippen LogP contribution in [0.5, 0.6) is 5.75 Å². The molecule has 1 heterocycles. The second-order valence-electron chi connectivity index (χ2n) is 4.28. The smallest absolute Gasteiger partial charge is 0.175 e. The van der Waals surface area contributed by atoms with Gasteiger partial charge in [0.2, 0.25) is 0 Å². The van der Waals surface area contributed by atoms with Gasteiger partial charge < -0.3 is 10.4 Å². The summed E-state index contributed by atoms with van der Waals surface area (Å²) in [6.45, 7) is 0.368. The maximum Gasteiger partial charge on any atom is 0.175 e. The molecule has 7 heteroatoms. The monoisotopic (exact) mass is 312 g/mol. The average molecular weight is 313 g/mol. The Labute approximate surface area is 122 Å². The molecule has 106 valence electrons. The lowest BCUT2D eigenvalue weighted by Crippen LogP contribution is -2.04. The summed E-state index contributed by atoms with van der Waals surface area (Å²) in [7, 11) is -3.28. The topological polar surface area (TPSA) is 79.3 Å². The molecule has 0 aliphatic carbocycles. The minimum atomic E-state index is -3.28. The van der Waals surface area contributed by atoms with E-state index in [0.717, 1.165) is 6.26 Å². The van der Waals surface area contributed by atoms with Gasteiger partial charge >= 0.3 is 0 Å². The molecule has 0 fully saturated rings. The predicted molar refractivity (Wildman–Crippen MR) is 77.8 cm³/mol. The summed E-state index contributed by atoms with van der Waals surface area (Å²) in [6.07, 6.45) is 2.48. The van der Waals surface area contributed by atoms with Gasteiger partial charge in [0.15, 0.2) is 9.84 Å². The molecule has 0 amide bonds. The first kappa shape index (κ1) is 14.6. The molecule has 0 aliphatic rings. The lowest BCUT2D eigenvalue weighted by atomic mass is 10.3. The van der Waals surface area contributed by atoms with Crippen LogP contribution < -0.4 is 5.32 Å². The molecule has 20 heavy (non-hydrogen) atoms. The first-order chi connectivity index (χ1) is 9.36. The van der Waals surface area contributed by atoms with Crippen molar-refractivity contribution in [3.05, 3.63) is 47.2 Å². The summed E-state index contributed by atoms with van der Waals surface area (Å²) in [5.74, 6) is 0.0888. The number of hydrogen-bond donors (Lipinski definition) is 2. The number of benzene rings is 1. The zero-order valence-corrected chi connectivity index (χ0v) is 12.2. The van der Waals surface area contributed by atoms with Crippen molar-refractivity contribution in [1.29, 1.82) is 0 Å². The number of nitrogens with one attached hydrogen (secondary N) is 1. The number of rotatable bonds is 4. The van der Waals surface area contributed by atoms with E-state index >= 15 is 0 Å². The van der Waals surface area contributed by atoms with Gasteiger partial charge in [-0.3, -0.25) is 4.98 Å². The van der Waals surface area contributed by atoms with Crippen LogP contribution in [0.1, 0.15) is 5.69 Å². The molecule has 2 N–H and O–H groups in total. The number of aromatic nitrogens is 1. The zero-order valence-electron chi connectivity index (χ0n) is 10.7. The van der Waals surface area contributed by atoms with Gasteiger partial charge in [0.1, 0.15) is 5.75 Å². The standard InChI is InChI=1S/C13H13ClN2O3S/c1-20(18,19)11-4-5-12(14)13(6-11)16-7-9-2-3-10(17)8-15-9/h2-6,8,16-17H,7H2,1H3. The number of pyridine rings is 1. The quantitative estimate of drug-likeness (QED) is 0.906. The van der Waals surface area contributed by atoms with Gasteiger partial charge in [0.25, 0.3) is 0 Å². The molecular formula is C13H13ClN2O3S. The number of anilines is 1. The van der Waals surface area contributed by atoms with Gasteiger partial charge in [0.05, 0.1) is 34.0 Å². The molecule has 0 saturated carbocycles. The van der Waals surface area contributed by atoms with E-state index in [1.165, 1.54) is 30.5 Å². The van der Waals surface area contributed by atoms with Crippen LogP contribution in [0.15, 0.2) is 41.4 Å². The Balaban J connectivity index is 2.19. The van der Waals surface area contributed by atoms with Crippen molar-refractivity contribution in [3.8, 4) is 5.75 Å². The number of aromatic hydroxyl groups is 1. The van der Waals surface area contributed by atoms with Crippen molar-refractivity contribution in [1.82, 2.24) is 4.98 Å². The van der Waals surface area contributed by atoms with E-state index in [1.807, 2.05) is 0 Å².